The molecular weight excluding hydrogens is 206 g/mol. The van der Waals surface area contributed by atoms with E-state index in [9.17, 15) is 14.7 Å². The Hall–Kier alpha value is -1.84. The van der Waals surface area contributed by atoms with Crippen molar-refractivity contribution in [1.82, 2.24) is 5.32 Å². The fourth-order valence-electron chi connectivity index (χ4n) is 1.94. The second-order valence-corrected chi connectivity index (χ2v) is 4.07. The number of phenolic OH excluding ortho intramolecular Hbond substituents is 1. The topological polar surface area (TPSA) is 66.4 Å². The third kappa shape index (κ3) is 1.91. The summed E-state index contributed by atoms with van der Waals surface area (Å²) in [4.78, 5) is 22.6. The number of carbonyl (C=O) groups excluding carboxylic acids is 2. The molecule has 2 rings (SSSR count). The van der Waals surface area contributed by atoms with Crippen molar-refractivity contribution >= 4 is 11.8 Å². The number of aromatic hydroxyl groups is 1. The number of imide groups is 1. The van der Waals surface area contributed by atoms with E-state index in [-0.39, 0.29) is 17.6 Å². The lowest BCUT2D eigenvalue weighted by Crippen LogP contribution is -2.39. The van der Waals surface area contributed by atoms with Gasteiger partial charge < -0.3 is 5.11 Å². The van der Waals surface area contributed by atoms with Crippen molar-refractivity contribution in [3.8, 4) is 5.75 Å². The van der Waals surface area contributed by atoms with E-state index in [4.69, 9.17) is 0 Å². The molecule has 16 heavy (non-hydrogen) atoms. The van der Waals surface area contributed by atoms with Gasteiger partial charge in [-0.3, -0.25) is 14.9 Å². The van der Waals surface area contributed by atoms with Gasteiger partial charge in [-0.15, -0.1) is 0 Å². The number of amides is 2. The molecular formula is C12H13NO3. The van der Waals surface area contributed by atoms with Crippen LogP contribution in [0.3, 0.4) is 0 Å². The van der Waals surface area contributed by atoms with Crippen LogP contribution in [0.5, 0.6) is 5.75 Å². The molecule has 1 aromatic rings. The highest BCUT2D eigenvalue weighted by molar-refractivity contribution is 6.01. The number of piperidine rings is 1. The lowest BCUT2D eigenvalue weighted by molar-refractivity contribution is -0.134. The van der Waals surface area contributed by atoms with Crippen molar-refractivity contribution in [2.75, 3.05) is 0 Å². The molecule has 2 amide bonds. The van der Waals surface area contributed by atoms with Gasteiger partial charge in [0.1, 0.15) is 5.75 Å². The van der Waals surface area contributed by atoms with Crippen molar-refractivity contribution in [1.29, 1.82) is 0 Å². The zero-order valence-corrected chi connectivity index (χ0v) is 8.99. The summed E-state index contributed by atoms with van der Waals surface area (Å²) in [5.41, 5.74) is 1.53. The van der Waals surface area contributed by atoms with Gasteiger partial charge >= 0.3 is 0 Å². The molecule has 0 bridgehead atoms. The Kier molecular flexibility index (Phi) is 2.64. The molecule has 1 unspecified atom stereocenters. The van der Waals surface area contributed by atoms with Crippen LogP contribution in [-0.4, -0.2) is 16.9 Å². The molecule has 1 fully saturated rings. The van der Waals surface area contributed by atoms with Crippen molar-refractivity contribution < 1.29 is 14.7 Å². The molecule has 1 aromatic carbocycles. The van der Waals surface area contributed by atoms with E-state index >= 15 is 0 Å². The third-order valence-electron chi connectivity index (χ3n) is 2.80. The number of aryl methyl sites for hydroxylation is 1. The monoisotopic (exact) mass is 219 g/mol. The van der Waals surface area contributed by atoms with E-state index in [0.29, 0.717) is 18.4 Å². The molecule has 0 aromatic heterocycles. The van der Waals surface area contributed by atoms with Gasteiger partial charge in [0.25, 0.3) is 0 Å². The predicted octanol–water partition coefficient (Wildman–Crippen LogP) is 1.22. The molecule has 0 saturated carbocycles. The maximum absolute atomic E-state index is 11.6. The number of carbonyl (C=O) groups is 2. The molecule has 4 nitrogen and oxygen atoms in total. The van der Waals surface area contributed by atoms with E-state index in [1.54, 1.807) is 12.1 Å². The molecule has 84 valence electrons. The summed E-state index contributed by atoms with van der Waals surface area (Å²) in [6, 6.07) is 5.21. The van der Waals surface area contributed by atoms with Crippen LogP contribution in [0, 0.1) is 6.92 Å². The minimum atomic E-state index is -0.418. The Bertz CT molecular complexity index is 454. The zero-order chi connectivity index (χ0) is 11.7. The summed E-state index contributed by atoms with van der Waals surface area (Å²) in [5, 5.41) is 12.0. The van der Waals surface area contributed by atoms with Crippen LogP contribution in [0.2, 0.25) is 0 Å². The molecule has 1 aliphatic rings. The van der Waals surface area contributed by atoms with Crippen LogP contribution in [-0.2, 0) is 9.59 Å². The Morgan fingerprint density at radius 1 is 1.38 bits per heavy atom. The van der Waals surface area contributed by atoms with Crippen LogP contribution in [0.1, 0.15) is 29.9 Å². The fraction of sp³-hybridized carbons (Fsp3) is 0.333. The second-order valence-electron chi connectivity index (χ2n) is 4.07. The first-order valence-corrected chi connectivity index (χ1v) is 5.21. The first-order chi connectivity index (χ1) is 7.58. The zero-order valence-electron chi connectivity index (χ0n) is 8.99. The van der Waals surface area contributed by atoms with Gasteiger partial charge in [0.2, 0.25) is 11.8 Å². The standard InChI is InChI=1S/C12H13NO3/c1-7-2-3-8(10(14)6-7)9-4-5-11(15)13-12(9)16/h2-3,6,9,14H,4-5H2,1H3,(H,13,15,16). The summed E-state index contributed by atoms with van der Waals surface area (Å²) < 4.78 is 0. The number of nitrogens with one attached hydrogen (secondary N) is 1. The maximum Gasteiger partial charge on any atom is 0.234 e. The lowest BCUT2D eigenvalue weighted by atomic mass is 9.89. The second kappa shape index (κ2) is 3.96. The van der Waals surface area contributed by atoms with Crippen LogP contribution in [0.15, 0.2) is 18.2 Å². The van der Waals surface area contributed by atoms with Crippen LogP contribution < -0.4 is 5.32 Å². The van der Waals surface area contributed by atoms with Gasteiger partial charge in [0, 0.05) is 12.0 Å². The minimum absolute atomic E-state index is 0.120. The van der Waals surface area contributed by atoms with E-state index < -0.39 is 5.92 Å². The quantitative estimate of drug-likeness (QED) is 0.698. The predicted molar refractivity (Wildman–Crippen MR) is 58.0 cm³/mol. The normalized spacial score (nSPS) is 20.7. The highest BCUT2D eigenvalue weighted by Crippen LogP contribution is 2.31. The van der Waals surface area contributed by atoms with Crippen LogP contribution >= 0.6 is 0 Å². The van der Waals surface area contributed by atoms with E-state index in [2.05, 4.69) is 5.32 Å². The summed E-state index contributed by atoms with van der Waals surface area (Å²) in [5.74, 6) is -0.865. The van der Waals surface area contributed by atoms with Gasteiger partial charge in [0.15, 0.2) is 0 Å². The van der Waals surface area contributed by atoms with E-state index in [0.717, 1.165) is 5.56 Å². The average molecular weight is 219 g/mol. The largest absolute Gasteiger partial charge is 0.508 e. The van der Waals surface area contributed by atoms with Crippen LogP contribution in [0.25, 0.3) is 0 Å². The fourth-order valence-corrected chi connectivity index (χ4v) is 1.94. The Balaban J connectivity index is 2.30. The van der Waals surface area contributed by atoms with Crippen molar-refractivity contribution in [3.63, 3.8) is 0 Å². The van der Waals surface area contributed by atoms with Crippen molar-refractivity contribution in [2.24, 2.45) is 0 Å². The number of phenols is 1. The van der Waals surface area contributed by atoms with E-state index in [1.165, 1.54) is 0 Å². The highest BCUT2D eigenvalue weighted by Gasteiger charge is 2.29. The Morgan fingerprint density at radius 2 is 2.12 bits per heavy atom. The molecule has 0 spiro atoms. The molecule has 1 saturated heterocycles. The van der Waals surface area contributed by atoms with Gasteiger partial charge in [-0.2, -0.15) is 0 Å². The van der Waals surface area contributed by atoms with Gasteiger partial charge in [-0.05, 0) is 25.0 Å². The van der Waals surface area contributed by atoms with Gasteiger partial charge in [-0.1, -0.05) is 12.1 Å². The molecule has 0 aliphatic carbocycles. The van der Waals surface area contributed by atoms with Crippen molar-refractivity contribution in [2.45, 2.75) is 25.7 Å². The summed E-state index contributed by atoms with van der Waals surface area (Å²) in [6.07, 6.45) is 0.783. The van der Waals surface area contributed by atoms with Gasteiger partial charge in [0.05, 0.1) is 5.92 Å². The molecule has 1 aliphatic heterocycles. The lowest BCUT2D eigenvalue weighted by Gasteiger charge is -2.21. The number of benzene rings is 1. The van der Waals surface area contributed by atoms with Gasteiger partial charge in [-0.25, -0.2) is 0 Å². The molecule has 1 atom stereocenters. The maximum atomic E-state index is 11.6. The molecule has 4 heteroatoms. The molecule has 0 radical (unpaired) electrons. The molecule has 2 N–H and O–H groups in total. The smallest absolute Gasteiger partial charge is 0.234 e. The number of rotatable bonds is 1. The van der Waals surface area contributed by atoms with Crippen molar-refractivity contribution in [3.05, 3.63) is 29.3 Å². The first kappa shape index (κ1) is 10.7. The van der Waals surface area contributed by atoms with E-state index in [1.807, 2.05) is 13.0 Å². The minimum Gasteiger partial charge on any atom is -0.508 e. The summed E-state index contributed by atoms with van der Waals surface area (Å²) >= 11 is 0. The SMILES string of the molecule is Cc1ccc(C2CCC(=O)NC2=O)c(O)c1. The Morgan fingerprint density at radius 3 is 2.75 bits per heavy atom. The molecule has 1 heterocycles. The third-order valence-corrected chi connectivity index (χ3v) is 2.80. The average Bonchev–Trinajstić information content (AvgIpc) is 2.19. The summed E-state index contributed by atoms with van der Waals surface area (Å²) in [7, 11) is 0. The highest BCUT2D eigenvalue weighted by atomic mass is 16.3. The number of hydrogen-bond acceptors (Lipinski definition) is 3. The first-order valence-electron chi connectivity index (χ1n) is 5.21. The summed E-state index contributed by atoms with van der Waals surface area (Å²) in [6.45, 7) is 1.87. The number of hydrogen-bond donors (Lipinski definition) is 2. The van der Waals surface area contributed by atoms with Crippen LogP contribution in [0.4, 0.5) is 0 Å². The Labute approximate surface area is 93.3 Å².